The fourth-order valence-electron chi connectivity index (χ4n) is 1.87. The Bertz CT molecular complexity index is 593. The maximum atomic E-state index is 13.8. The first-order valence-electron chi connectivity index (χ1n) is 5.40. The van der Waals surface area contributed by atoms with Gasteiger partial charge in [0.1, 0.15) is 17.5 Å². The number of halogens is 3. The van der Waals surface area contributed by atoms with E-state index in [1.807, 2.05) is 13.8 Å². The molecule has 0 spiro atoms. The largest absolute Gasteiger partial charge is 0.382 e. The van der Waals surface area contributed by atoms with E-state index in [4.69, 9.17) is 17.3 Å². The molecule has 0 aliphatic heterocycles. The van der Waals surface area contributed by atoms with Crippen LogP contribution in [0.2, 0.25) is 5.02 Å². The highest BCUT2D eigenvalue weighted by atomic mass is 35.5. The zero-order valence-electron chi connectivity index (χ0n) is 9.89. The number of hydrogen-bond acceptors (Lipinski definition) is 2. The zero-order chi connectivity index (χ0) is 13.4. The summed E-state index contributed by atoms with van der Waals surface area (Å²) >= 11 is 5.52. The van der Waals surface area contributed by atoms with Gasteiger partial charge in [-0.25, -0.2) is 8.78 Å². The quantitative estimate of drug-likeness (QED) is 0.818. The van der Waals surface area contributed by atoms with Crippen molar-refractivity contribution in [3.8, 4) is 11.3 Å². The zero-order valence-corrected chi connectivity index (χ0v) is 10.6. The Kier molecular flexibility index (Phi) is 3.26. The molecule has 0 unspecified atom stereocenters. The molecule has 0 bridgehead atoms. The number of nitrogens with zero attached hydrogens (tertiary/aromatic N) is 1. The van der Waals surface area contributed by atoms with E-state index in [1.165, 1.54) is 0 Å². The smallest absolute Gasteiger partial charge is 0.149 e. The molecule has 1 aromatic carbocycles. The minimum atomic E-state index is -0.684. The van der Waals surface area contributed by atoms with Crippen molar-refractivity contribution in [2.45, 2.75) is 19.8 Å². The molecule has 1 aromatic heterocycles. The van der Waals surface area contributed by atoms with Gasteiger partial charge in [-0.1, -0.05) is 25.4 Å². The van der Waals surface area contributed by atoms with Crippen molar-refractivity contribution in [3.63, 3.8) is 0 Å². The lowest BCUT2D eigenvalue weighted by Gasteiger charge is -2.09. The molecule has 0 atom stereocenters. The van der Waals surface area contributed by atoms with Gasteiger partial charge in [0.2, 0.25) is 0 Å². The highest BCUT2D eigenvalue weighted by Crippen LogP contribution is 2.34. The summed E-state index contributed by atoms with van der Waals surface area (Å²) in [6.07, 6.45) is 0. The number of H-pyrrole nitrogens is 1. The molecule has 0 aliphatic carbocycles. The van der Waals surface area contributed by atoms with Crippen LogP contribution in [0.1, 0.15) is 25.3 Å². The Morgan fingerprint density at radius 1 is 1.28 bits per heavy atom. The molecule has 0 amide bonds. The Morgan fingerprint density at radius 3 is 2.56 bits per heavy atom. The lowest BCUT2D eigenvalue weighted by molar-refractivity contribution is 0.602. The van der Waals surface area contributed by atoms with Crippen LogP contribution < -0.4 is 5.73 Å². The van der Waals surface area contributed by atoms with Gasteiger partial charge in [-0.2, -0.15) is 5.10 Å². The monoisotopic (exact) mass is 271 g/mol. The molecular weight excluding hydrogens is 260 g/mol. The summed E-state index contributed by atoms with van der Waals surface area (Å²) in [5.41, 5.74) is 6.83. The summed E-state index contributed by atoms with van der Waals surface area (Å²) in [6, 6.07) is 1.98. The molecule has 1 heterocycles. The van der Waals surface area contributed by atoms with Gasteiger partial charge in [-0.3, -0.25) is 5.10 Å². The summed E-state index contributed by atoms with van der Waals surface area (Å²) in [4.78, 5) is 0. The average Bonchev–Trinajstić information content (AvgIpc) is 2.65. The predicted octanol–water partition coefficient (Wildman–Crippen LogP) is 3.71. The number of nitrogen functional groups attached to an aromatic ring is 1. The Labute approximate surface area is 108 Å². The molecule has 0 aliphatic rings. The predicted molar refractivity (Wildman–Crippen MR) is 67.5 cm³/mol. The molecule has 0 saturated carbocycles. The van der Waals surface area contributed by atoms with Gasteiger partial charge in [0.25, 0.3) is 0 Å². The molecule has 0 radical (unpaired) electrons. The van der Waals surface area contributed by atoms with Crippen LogP contribution in [0.15, 0.2) is 12.1 Å². The second kappa shape index (κ2) is 4.57. The molecule has 6 heteroatoms. The van der Waals surface area contributed by atoms with E-state index in [0.717, 1.165) is 12.1 Å². The number of aromatic amines is 1. The molecule has 3 nitrogen and oxygen atoms in total. The number of hydrogen-bond donors (Lipinski definition) is 2. The minimum absolute atomic E-state index is 0.0388. The third kappa shape index (κ3) is 2.06. The third-order valence-corrected chi connectivity index (χ3v) is 2.98. The molecule has 0 fully saturated rings. The highest BCUT2D eigenvalue weighted by Gasteiger charge is 2.19. The Hall–Kier alpha value is -1.62. The number of anilines is 1. The van der Waals surface area contributed by atoms with Crippen LogP contribution in [-0.4, -0.2) is 10.2 Å². The number of aromatic nitrogens is 2. The highest BCUT2D eigenvalue weighted by molar-refractivity contribution is 6.30. The van der Waals surface area contributed by atoms with E-state index in [2.05, 4.69) is 10.2 Å². The molecule has 18 heavy (non-hydrogen) atoms. The molecule has 0 saturated heterocycles. The van der Waals surface area contributed by atoms with Crippen molar-refractivity contribution in [1.29, 1.82) is 0 Å². The second-order valence-electron chi connectivity index (χ2n) is 4.30. The van der Waals surface area contributed by atoms with E-state index >= 15 is 0 Å². The summed E-state index contributed by atoms with van der Waals surface area (Å²) in [5, 5.41) is 6.22. The second-order valence-corrected chi connectivity index (χ2v) is 4.71. The van der Waals surface area contributed by atoms with E-state index in [1.54, 1.807) is 0 Å². The Balaban J connectivity index is 2.66. The normalized spacial score (nSPS) is 11.2. The van der Waals surface area contributed by atoms with Gasteiger partial charge < -0.3 is 5.73 Å². The van der Waals surface area contributed by atoms with Crippen molar-refractivity contribution in [1.82, 2.24) is 10.2 Å². The SMILES string of the molecule is CC(C)c1c(N)n[nH]c1-c1cc(F)c(Cl)cc1F. The molecule has 3 N–H and O–H groups in total. The average molecular weight is 272 g/mol. The fourth-order valence-corrected chi connectivity index (χ4v) is 2.02. The first-order chi connectivity index (χ1) is 8.41. The van der Waals surface area contributed by atoms with Crippen LogP contribution in [0.5, 0.6) is 0 Å². The number of rotatable bonds is 2. The minimum Gasteiger partial charge on any atom is -0.382 e. The van der Waals surface area contributed by atoms with E-state index < -0.39 is 11.6 Å². The van der Waals surface area contributed by atoms with Gasteiger partial charge in [0.15, 0.2) is 0 Å². The van der Waals surface area contributed by atoms with Gasteiger partial charge >= 0.3 is 0 Å². The third-order valence-electron chi connectivity index (χ3n) is 2.69. The maximum Gasteiger partial charge on any atom is 0.149 e. The summed E-state index contributed by atoms with van der Waals surface area (Å²) in [5.74, 6) is -0.977. The van der Waals surface area contributed by atoms with Crippen LogP contribution in [0.25, 0.3) is 11.3 Å². The first kappa shape index (κ1) is 12.8. The fraction of sp³-hybridized carbons (Fsp3) is 0.250. The maximum absolute atomic E-state index is 13.8. The topological polar surface area (TPSA) is 54.7 Å². The van der Waals surface area contributed by atoms with Gasteiger partial charge in [-0.15, -0.1) is 0 Å². The number of nitrogens with two attached hydrogens (primary N) is 1. The van der Waals surface area contributed by atoms with Crippen molar-refractivity contribution in [3.05, 3.63) is 34.4 Å². The van der Waals surface area contributed by atoms with Crippen molar-refractivity contribution in [2.75, 3.05) is 5.73 Å². The summed E-state index contributed by atoms with van der Waals surface area (Å²) in [7, 11) is 0. The molecule has 96 valence electrons. The number of nitrogens with one attached hydrogen (secondary N) is 1. The van der Waals surface area contributed by atoms with E-state index in [0.29, 0.717) is 11.3 Å². The van der Waals surface area contributed by atoms with Crippen molar-refractivity contribution < 1.29 is 8.78 Å². The summed E-state index contributed by atoms with van der Waals surface area (Å²) in [6.45, 7) is 3.80. The van der Waals surface area contributed by atoms with Gasteiger partial charge in [-0.05, 0) is 18.1 Å². The van der Waals surface area contributed by atoms with E-state index in [-0.39, 0.29) is 22.3 Å². The molecule has 2 aromatic rings. The van der Waals surface area contributed by atoms with Gasteiger partial charge in [0, 0.05) is 11.1 Å². The van der Waals surface area contributed by atoms with Crippen LogP contribution in [0.3, 0.4) is 0 Å². The van der Waals surface area contributed by atoms with Crippen LogP contribution in [0, 0.1) is 11.6 Å². The summed E-state index contributed by atoms with van der Waals surface area (Å²) < 4.78 is 27.2. The van der Waals surface area contributed by atoms with E-state index in [9.17, 15) is 8.78 Å². The Morgan fingerprint density at radius 2 is 1.94 bits per heavy atom. The lowest BCUT2D eigenvalue weighted by Crippen LogP contribution is -1.97. The standard InChI is InChI=1S/C12H12ClF2N3/c1-5(2)10-11(17-18-12(10)16)6-3-9(15)7(13)4-8(6)14/h3-5H,1-2H3,(H3,16,17,18). The van der Waals surface area contributed by atoms with Crippen LogP contribution in [-0.2, 0) is 0 Å². The van der Waals surface area contributed by atoms with Crippen molar-refractivity contribution >= 4 is 17.4 Å². The first-order valence-corrected chi connectivity index (χ1v) is 5.78. The van der Waals surface area contributed by atoms with Crippen LogP contribution in [0.4, 0.5) is 14.6 Å². The molecular formula is C12H12ClF2N3. The van der Waals surface area contributed by atoms with Crippen LogP contribution >= 0.6 is 11.6 Å². The molecule has 2 rings (SSSR count). The van der Waals surface area contributed by atoms with Crippen molar-refractivity contribution in [2.24, 2.45) is 0 Å². The lowest BCUT2D eigenvalue weighted by atomic mass is 9.98. The van der Waals surface area contributed by atoms with Gasteiger partial charge in [0.05, 0.1) is 10.7 Å². The number of benzene rings is 1.